The zero-order chi connectivity index (χ0) is 26.1. The number of carbonyl (C=O) groups excluding carboxylic acids is 3. The number of alkyl carbamates (subject to hydrolysis) is 1. The number of ether oxygens (including phenoxy) is 1. The summed E-state index contributed by atoms with van der Waals surface area (Å²) in [5.74, 6) is -0.778. The van der Waals surface area contributed by atoms with Crippen molar-refractivity contribution in [2.45, 2.75) is 70.4 Å². The molecule has 1 aliphatic heterocycles. The molecule has 0 radical (unpaired) electrons. The Morgan fingerprint density at radius 3 is 2.64 bits per heavy atom. The lowest BCUT2D eigenvalue weighted by Gasteiger charge is -2.43. The van der Waals surface area contributed by atoms with Crippen molar-refractivity contribution in [2.24, 2.45) is 0 Å². The van der Waals surface area contributed by atoms with Gasteiger partial charge in [-0.25, -0.2) is 4.79 Å². The fourth-order valence-corrected chi connectivity index (χ4v) is 4.72. The Kier molecular flexibility index (Phi) is 7.24. The topological polar surface area (TPSA) is 121 Å². The molecule has 1 aliphatic carbocycles. The van der Waals surface area contributed by atoms with Gasteiger partial charge in [-0.1, -0.05) is 23.7 Å². The molecule has 1 unspecified atom stereocenters. The Labute approximate surface area is 215 Å². The van der Waals surface area contributed by atoms with Gasteiger partial charge in [0.15, 0.2) is 5.60 Å². The summed E-state index contributed by atoms with van der Waals surface area (Å²) >= 11 is 6.17. The zero-order valence-electron chi connectivity index (χ0n) is 20.6. The van der Waals surface area contributed by atoms with Crippen molar-refractivity contribution in [1.82, 2.24) is 20.5 Å². The van der Waals surface area contributed by atoms with Crippen molar-refractivity contribution >= 4 is 29.5 Å². The molecule has 10 heteroatoms. The second kappa shape index (κ2) is 10.1. The van der Waals surface area contributed by atoms with E-state index >= 15 is 0 Å². The number of aryl methyl sites for hydroxylation is 1. The minimum absolute atomic E-state index is 0.167. The molecular weight excluding hydrogens is 484 g/mol. The largest absolute Gasteiger partial charge is 0.444 e. The summed E-state index contributed by atoms with van der Waals surface area (Å²) in [6.45, 7) is 6.12. The predicted molar refractivity (Wildman–Crippen MR) is 133 cm³/mol. The SMILES string of the molecule is CC(C)(C)OC(=O)NCc1ccc(Cl)cc1CNC(=O)[C@@H]1CCN1C(=O)C1(O)CCc2ncccc21. The van der Waals surface area contributed by atoms with Gasteiger partial charge in [0.1, 0.15) is 11.6 Å². The number of pyridine rings is 1. The lowest BCUT2D eigenvalue weighted by Crippen LogP contribution is -2.62. The van der Waals surface area contributed by atoms with E-state index in [1.165, 1.54) is 4.90 Å². The van der Waals surface area contributed by atoms with Gasteiger partial charge in [-0.15, -0.1) is 0 Å². The van der Waals surface area contributed by atoms with Crippen LogP contribution in [0.15, 0.2) is 36.5 Å². The number of fused-ring (bicyclic) bond motifs is 1. The monoisotopic (exact) mass is 514 g/mol. The van der Waals surface area contributed by atoms with E-state index in [0.717, 1.165) is 11.1 Å². The van der Waals surface area contributed by atoms with Crippen molar-refractivity contribution in [2.75, 3.05) is 6.54 Å². The fraction of sp³-hybridized carbons (Fsp3) is 0.462. The molecule has 1 aromatic carbocycles. The van der Waals surface area contributed by atoms with Crippen LogP contribution in [0.2, 0.25) is 5.02 Å². The Balaban J connectivity index is 1.38. The number of amides is 3. The predicted octanol–water partition coefficient (Wildman–Crippen LogP) is 2.81. The minimum atomic E-state index is -1.66. The Morgan fingerprint density at radius 2 is 1.94 bits per heavy atom. The lowest BCUT2D eigenvalue weighted by atomic mass is 9.91. The lowest BCUT2D eigenvalue weighted by molar-refractivity contribution is -0.164. The quantitative estimate of drug-likeness (QED) is 0.545. The van der Waals surface area contributed by atoms with E-state index in [2.05, 4.69) is 15.6 Å². The van der Waals surface area contributed by atoms with Crippen LogP contribution < -0.4 is 10.6 Å². The molecule has 2 aromatic rings. The van der Waals surface area contributed by atoms with Crippen molar-refractivity contribution in [3.8, 4) is 0 Å². The number of rotatable bonds is 6. The molecule has 1 fully saturated rings. The number of aromatic nitrogens is 1. The highest BCUT2D eigenvalue weighted by atomic mass is 35.5. The third-order valence-electron chi connectivity index (χ3n) is 6.44. The van der Waals surface area contributed by atoms with Crippen LogP contribution in [0.3, 0.4) is 0 Å². The van der Waals surface area contributed by atoms with Crippen molar-refractivity contribution in [1.29, 1.82) is 0 Å². The maximum atomic E-state index is 13.2. The molecule has 0 bridgehead atoms. The van der Waals surface area contributed by atoms with Crippen LogP contribution in [0.5, 0.6) is 0 Å². The molecule has 2 heterocycles. The highest BCUT2D eigenvalue weighted by molar-refractivity contribution is 6.30. The summed E-state index contributed by atoms with van der Waals surface area (Å²) in [5.41, 5.74) is 0.466. The van der Waals surface area contributed by atoms with Crippen LogP contribution in [0.1, 0.15) is 56.0 Å². The summed E-state index contributed by atoms with van der Waals surface area (Å²) in [7, 11) is 0. The summed E-state index contributed by atoms with van der Waals surface area (Å²) < 4.78 is 5.27. The molecule has 0 spiro atoms. The van der Waals surface area contributed by atoms with E-state index in [1.54, 1.807) is 57.3 Å². The van der Waals surface area contributed by atoms with E-state index in [0.29, 0.717) is 35.7 Å². The van der Waals surface area contributed by atoms with Gasteiger partial charge < -0.3 is 25.4 Å². The summed E-state index contributed by atoms with van der Waals surface area (Å²) in [5, 5.41) is 17.3. The number of hydrogen-bond acceptors (Lipinski definition) is 6. The van der Waals surface area contributed by atoms with Crippen LogP contribution in [-0.2, 0) is 39.4 Å². The van der Waals surface area contributed by atoms with Gasteiger partial charge in [-0.3, -0.25) is 14.6 Å². The number of aliphatic hydroxyl groups is 1. The molecule has 2 aliphatic rings. The molecule has 1 aromatic heterocycles. The van der Waals surface area contributed by atoms with Crippen molar-refractivity contribution < 1.29 is 24.2 Å². The third-order valence-corrected chi connectivity index (χ3v) is 6.67. The van der Waals surface area contributed by atoms with Crippen molar-refractivity contribution in [3.63, 3.8) is 0 Å². The standard InChI is InChI=1S/C26H31ClN4O5/c1-25(2,3)36-24(34)30-14-16-6-7-18(27)13-17(16)15-29-22(32)21-9-12-31(21)23(33)26(35)10-8-20-19(26)5-4-11-28-20/h4-7,11,13,21,35H,8-10,12,14-15H2,1-3H3,(H,29,32)(H,30,34)/t21-,26?/m0/s1. The third kappa shape index (κ3) is 5.47. The van der Waals surface area contributed by atoms with E-state index in [1.807, 2.05) is 0 Å². The summed E-state index contributed by atoms with van der Waals surface area (Å²) in [6.07, 6.45) is 2.37. The first kappa shape index (κ1) is 25.9. The highest BCUT2D eigenvalue weighted by Crippen LogP contribution is 2.39. The van der Waals surface area contributed by atoms with E-state index in [4.69, 9.17) is 16.3 Å². The Bertz CT molecular complexity index is 1180. The second-order valence-corrected chi connectivity index (χ2v) is 10.6. The number of carbonyl (C=O) groups is 3. The summed E-state index contributed by atoms with van der Waals surface area (Å²) in [6, 6.07) is 7.96. The Hall–Kier alpha value is -3.17. The number of benzene rings is 1. The average Bonchev–Trinajstić information content (AvgIpc) is 3.13. The van der Waals surface area contributed by atoms with Crippen molar-refractivity contribution in [3.05, 3.63) is 63.9 Å². The first-order valence-corrected chi connectivity index (χ1v) is 12.4. The average molecular weight is 515 g/mol. The molecule has 1 saturated heterocycles. The molecule has 3 N–H and O–H groups in total. The fourth-order valence-electron chi connectivity index (χ4n) is 4.52. The maximum absolute atomic E-state index is 13.2. The molecule has 2 atom stereocenters. The van der Waals surface area contributed by atoms with Gasteiger partial charge in [0, 0.05) is 42.1 Å². The smallest absolute Gasteiger partial charge is 0.407 e. The van der Waals surface area contributed by atoms with Gasteiger partial charge in [-0.2, -0.15) is 0 Å². The normalized spacial score (nSPS) is 20.8. The maximum Gasteiger partial charge on any atom is 0.407 e. The van der Waals surface area contributed by atoms with E-state index in [9.17, 15) is 19.5 Å². The molecule has 0 saturated carbocycles. The molecule has 192 valence electrons. The molecule has 9 nitrogen and oxygen atoms in total. The number of hydrogen-bond donors (Lipinski definition) is 3. The van der Waals surface area contributed by atoms with Crippen LogP contribution in [-0.4, -0.2) is 51.1 Å². The van der Waals surface area contributed by atoms with Gasteiger partial charge in [0.05, 0.1) is 0 Å². The highest BCUT2D eigenvalue weighted by Gasteiger charge is 2.50. The number of nitrogens with one attached hydrogen (secondary N) is 2. The molecular formula is C26H31ClN4O5. The zero-order valence-corrected chi connectivity index (χ0v) is 21.4. The number of halogens is 1. The molecule has 4 rings (SSSR count). The Morgan fingerprint density at radius 1 is 1.19 bits per heavy atom. The first-order chi connectivity index (χ1) is 17.0. The van der Waals surface area contributed by atoms with Crippen LogP contribution >= 0.6 is 11.6 Å². The van der Waals surface area contributed by atoms with Crippen LogP contribution in [0, 0.1) is 0 Å². The number of nitrogens with zero attached hydrogens (tertiary/aromatic N) is 2. The minimum Gasteiger partial charge on any atom is -0.444 e. The number of likely N-dealkylation sites (tertiary alicyclic amines) is 1. The van der Waals surface area contributed by atoms with Crippen LogP contribution in [0.4, 0.5) is 4.79 Å². The van der Waals surface area contributed by atoms with Crippen LogP contribution in [0.25, 0.3) is 0 Å². The molecule has 36 heavy (non-hydrogen) atoms. The van der Waals surface area contributed by atoms with E-state index < -0.39 is 29.2 Å². The van der Waals surface area contributed by atoms with Gasteiger partial charge in [0.25, 0.3) is 5.91 Å². The van der Waals surface area contributed by atoms with Gasteiger partial charge >= 0.3 is 6.09 Å². The van der Waals surface area contributed by atoms with Gasteiger partial charge in [0.2, 0.25) is 5.91 Å². The summed E-state index contributed by atoms with van der Waals surface area (Å²) in [4.78, 5) is 43.9. The van der Waals surface area contributed by atoms with E-state index in [-0.39, 0.29) is 25.4 Å². The first-order valence-electron chi connectivity index (χ1n) is 12.0. The van der Waals surface area contributed by atoms with Gasteiger partial charge in [-0.05, 0) is 69.4 Å². The molecule has 3 amide bonds. The second-order valence-electron chi connectivity index (χ2n) is 10.1.